The average Bonchev–Trinajstić information content (AvgIpc) is 3.06. The summed E-state index contributed by atoms with van der Waals surface area (Å²) in [5, 5.41) is 0.217. The third-order valence-electron chi connectivity index (χ3n) is 7.53. The first-order chi connectivity index (χ1) is 18.9. The van der Waals surface area contributed by atoms with Crippen molar-refractivity contribution in [1.82, 2.24) is 14.5 Å². The summed E-state index contributed by atoms with van der Waals surface area (Å²) >= 11 is 1.24. The summed E-state index contributed by atoms with van der Waals surface area (Å²) in [5.74, 6) is -0.217. The van der Waals surface area contributed by atoms with E-state index in [2.05, 4.69) is 4.98 Å². The molecule has 3 heterocycles. The van der Waals surface area contributed by atoms with Crippen molar-refractivity contribution in [2.45, 2.75) is 50.5 Å². The lowest BCUT2D eigenvalue weighted by atomic mass is 9.96. The molecule has 40 heavy (non-hydrogen) atoms. The number of methoxy groups -OCH3 is 1. The van der Waals surface area contributed by atoms with Gasteiger partial charge in [-0.1, -0.05) is 12.1 Å². The summed E-state index contributed by atoms with van der Waals surface area (Å²) in [6, 6.07) is 5.51. The van der Waals surface area contributed by atoms with E-state index in [4.69, 9.17) is 4.74 Å². The van der Waals surface area contributed by atoms with Crippen molar-refractivity contribution in [1.29, 1.82) is 0 Å². The zero-order chi connectivity index (χ0) is 28.9. The van der Waals surface area contributed by atoms with E-state index in [-0.39, 0.29) is 52.8 Å². The van der Waals surface area contributed by atoms with Crippen LogP contribution in [0, 0.1) is 11.7 Å². The second kappa shape index (κ2) is 10.7. The van der Waals surface area contributed by atoms with Crippen LogP contribution in [0.2, 0.25) is 0 Å². The highest BCUT2D eigenvalue weighted by Crippen LogP contribution is 2.48. The molecule has 0 unspecified atom stereocenters. The molecule has 1 fully saturated rings. The largest absolute Gasteiger partial charge is 0.417 e. The fourth-order valence-electron chi connectivity index (χ4n) is 6.04. The van der Waals surface area contributed by atoms with Crippen molar-refractivity contribution < 1.29 is 27.1 Å². The Morgan fingerprint density at radius 2 is 1.77 bits per heavy atom. The van der Waals surface area contributed by atoms with Gasteiger partial charge < -0.3 is 14.5 Å². The Labute approximate surface area is 233 Å². The molecule has 0 aliphatic carbocycles. The first-order valence-electron chi connectivity index (χ1n) is 13.0. The molecule has 12 heteroatoms. The molecule has 0 radical (unpaired) electrons. The molecular formula is C28H30F4N4O3S. The number of nitrogens with zero attached hydrogens (tertiary/aromatic N) is 4. The number of piperazine rings is 1. The number of aromatic nitrogens is 2. The lowest BCUT2D eigenvalue weighted by molar-refractivity contribution is -0.137. The van der Waals surface area contributed by atoms with Gasteiger partial charge in [-0.3, -0.25) is 9.36 Å². The van der Waals surface area contributed by atoms with E-state index in [0.717, 1.165) is 18.2 Å². The number of hydrogen-bond acceptors (Lipinski definition) is 6. The predicted octanol–water partition coefficient (Wildman–Crippen LogP) is 5.04. The summed E-state index contributed by atoms with van der Waals surface area (Å²) in [6.07, 6.45) is -4.74. The molecule has 1 saturated heterocycles. The molecule has 2 aliphatic heterocycles. The second-order valence-electron chi connectivity index (χ2n) is 10.5. The van der Waals surface area contributed by atoms with Gasteiger partial charge in [0.15, 0.2) is 0 Å². The first kappa shape index (κ1) is 28.4. The highest BCUT2D eigenvalue weighted by molar-refractivity contribution is 7.99. The van der Waals surface area contributed by atoms with Crippen LogP contribution in [0.25, 0.3) is 22.0 Å². The third-order valence-corrected chi connectivity index (χ3v) is 8.85. The van der Waals surface area contributed by atoms with Crippen LogP contribution in [-0.4, -0.2) is 65.0 Å². The zero-order valence-corrected chi connectivity index (χ0v) is 23.4. The van der Waals surface area contributed by atoms with Gasteiger partial charge in [0.25, 0.3) is 0 Å². The molecule has 7 nitrogen and oxygen atoms in total. The number of thioether (sulfide) groups is 1. The molecule has 1 aromatic heterocycles. The van der Waals surface area contributed by atoms with Gasteiger partial charge in [-0.2, -0.15) is 18.2 Å². The molecule has 3 atom stereocenters. The summed E-state index contributed by atoms with van der Waals surface area (Å²) in [7, 11) is 1.54. The number of hydrogen-bond donors (Lipinski definition) is 0. The number of ether oxygens (including phenoxy) is 1. The maximum atomic E-state index is 14.7. The second-order valence-corrected chi connectivity index (χ2v) is 11.5. The lowest BCUT2D eigenvalue weighted by Gasteiger charge is -2.44. The highest BCUT2D eigenvalue weighted by atomic mass is 32.2. The summed E-state index contributed by atoms with van der Waals surface area (Å²) in [4.78, 5) is 34.0. The minimum absolute atomic E-state index is 0.0866. The SMILES string of the molecule is COC[C@H]1CSc2c(-c3ccc(F)cc3)c(C(F)(F)F)cc3c(N4C[C@@H](C)N(C(C)=O)[C@@H](C)C4)nc(=O)n(c23)C1. The van der Waals surface area contributed by atoms with Crippen molar-refractivity contribution in [2.24, 2.45) is 5.92 Å². The maximum absolute atomic E-state index is 14.7. The van der Waals surface area contributed by atoms with Crippen molar-refractivity contribution in [3.05, 3.63) is 52.2 Å². The van der Waals surface area contributed by atoms with Gasteiger partial charge in [0.05, 0.1) is 17.7 Å². The van der Waals surface area contributed by atoms with Crippen molar-refractivity contribution in [3.8, 4) is 11.1 Å². The Bertz CT molecular complexity index is 1500. The van der Waals surface area contributed by atoms with Gasteiger partial charge in [-0.15, -0.1) is 11.8 Å². The Morgan fingerprint density at radius 1 is 1.12 bits per heavy atom. The van der Waals surface area contributed by atoms with Crippen LogP contribution in [-0.2, 0) is 22.3 Å². The molecule has 0 bridgehead atoms. The Balaban J connectivity index is 1.82. The standard InChI is InChI=1S/C28H30F4N4O3S/c1-15-10-34(11-16(2)36(15)17(3)37)26-21-9-22(28(30,31)32)23(19-5-7-20(29)8-6-19)25-24(21)35(27(38)33-26)12-18(13-39-4)14-40-25/h5-9,15-16,18H,10-14H2,1-4H3/t15-,16+,18-/m0/s1. The molecule has 0 saturated carbocycles. The molecule has 2 aliphatic rings. The van der Waals surface area contributed by atoms with Crippen LogP contribution in [0.4, 0.5) is 23.4 Å². The van der Waals surface area contributed by atoms with E-state index in [1.165, 1.54) is 42.5 Å². The fourth-order valence-corrected chi connectivity index (χ4v) is 7.37. The average molecular weight is 579 g/mol. The number of rotatable bonds is 4. The monoisotopic (exact) mass is 578 g/mol. The van der Waals surface area contributed by atoms with Gasteiger partial charge in [0.2, 0.25) is 5.91 Å². The highest BCUT2D eigenvalue weighted by Gasteiger charge is 2.39. The smallest absolute Gasteiger partial charge is 0.384 e. The number of carbonyl (C=O) groups is 1. The van der Waals surface area contributed by atoms with Gasteiger partial charge in [0.1, 0.15) is 11.6 Å². The topological polar surface area (TPSA) is 67.7 Å². The van der Waals surface area contributed by atoms with E-state index in [1.807, 2.05) is 13.8 Å². The van der Waals surface area contributed by atoms with E-state index in [1.54, 1.807) is 9.80 Å². The lowest BCUT2D eigenvalue weighted by Crippen LogP contribution is -2.58. The van der Waals surface area contributed by atoms with E-state index < -0.39 is 23.2 Å². The van der Waals surface area contributed by atoms with Crippen LogP contribution < -0.4 is 10.6 Å². The van der Waals surface area contributed by atoms with E-state index >= 15 is 0 Å². The Morgan fingerprint density at radius 3 is 2.35 bits per heavy atom. The minimum atomic E-state index is -4.74. The molecule has 0 spiro atoms. The summed E-state index contributed by atoms with van der Waals surface area (Å²) in [5.41, 5.74) is -0.947. The van der Waals surface area contributed by atoms with Gasteiger partial charge in [-0.05, 0) is 37.6 Å². The Kier molecular flexibility index (Phi) is 7.60. The van der Waals surface area contributed by atoms with Gasteiger partial charge in [-0.25, -0.2) is 9.18 Å². The van der Waals surface area contributed by atoms with Gasteiger partial charge in [0, 0.05) is 73.3 Å². The molecule has 1 amide bonds. The number of anilines is 1. The predicted molar refractivity (Wildman–Crippen MR) is 146 cm³/mol. The summed E-state index contributed by atoms with van der Waals surface area (Å²) in [6.45, 7) is 6.39. The first-order valence-corrected chi connectivity index (χ1v) is 14.0. The van der Waals surface area contributed by atoms with Crippen LogP contribution >= 0.6 is 11.8 Å². The van der Waals surface area contributed by atoms with Crippen LogP contribution in [0.3, 0.4) is 0 Å². The molecular weight excluding hydrogens is 548 g/mol. The van der Waals surface area contributed by atoms with Crippen LogP contribution in [0.15, 0.2) is 40.0 Å². The number of benzene rings is 2. The number of alkyl halides is 3. The molecule has 0 N–H and O–H groups in total. The van der Waals surface area contributed by atoms with Crippen molar-refractivity contribution >= 4 is 34.4 Å². The summed E-state index contributed by atoms with van der Waals surface area (Å²) < 4.78 is 64.8. The number of amides is 1. The van der Waals surface area contributed by atoms with E-state index in [0.29, 0.717) is 35.9 Å². The number of halogens is 4. The zero-order valence-electron chi connectivity index (χ0n) is 22.6. The molecule has 214 valence electrons. The molecule has 5 rings (SSSR count). The van der Waals surface area contributed by atoms with Crippen LogP contribution in [0.1, 0.15) is 26.3 Å². The van der Waals surface area contributed by atoms with Crippen LogP contribution in [0.5, 0.6) is 0 Å². The van der Waals surface area contributed by atoms with Crippen molar-refractivity contribution in [2.75, 3.05) is 37.5 Å². The van der Waals surface area contributed by atoms with Crippen molar-refractivity contribution in [3.63, 3.8) is 0 Å². The molecule has 2 aromatic carbocycles. The normalized spacial score (nSPS) is 21.6. The molecule has 3 aromatic rings. The van der Waals surface area contributed by atoms with Gasteiger partial charge >= 0.3 is 11.9 Å². The fraction of sp³-hybridized carbons (Fsp3) is 0.464. The Hall–Kier alpha value is -3.12. The maximum Gasteiger partial charge on any atom is 0.417 e. The van der Waals surface area contributed by atoms with E-state index in [9.17, 15) is 27.2 Å². The quantitative estimate of drug-likeness (QED) is 0.405. The third kappa shape index (κ3) is 5.07. The number of carbonyl (C=O) groups excluding carboxylic acids is 1. The minimum Gasteiger partial charge on any atom is -0.384 e.